The number of nitrogens with zero attached hydrogens (tertiary/aromatic N) is 1. The Morgan fingerprint density at radius 1 is 1.24 bits per heavy atom. The maximum absolute atomic E-state index is 11.9. The van der Waals surface area contributed by atoms with E-state index in [2.05, 4.69) is 21.8 Å². The van der Waals surface area contributed by atoms with Crippen LogP contribution in [0.15, 0.2) is 35.3 Å². The van der Waals surface area contributed by atoms with Gasteiger partial charge in [-0.25, -0.2) is 0 Å². The summed E-state index contributed by atoms with van der Waals surface area (Å²) in [6, 6.07) is 7.77. The minimum absolute atomic E-state index is 0.0936. The Morgan fingerprint density at radius 2 is 1.96 bits per heavy atom. The highest BCUT2D eigenvalue weighted by Gasteiger charge is 2.05. The van der Waals surface area contributed by atoms with Gasteiger partial charge in [0.15, 0.2) is 0 Å². The summed E-state index contributed by atoms with van der Waals surface area (Å²) in [5.41, 5.74) is 2.30. The number of aromatic nitrogens is 2. The van der Waals surface area contributed by atoms with Crippen LogP contribution in [0, 0.1) is 11.8 Å². The van der Waals surface area contributed by atoms with E-state index in [1.165, 1.54) is 0 Å². The number of nitrogens with one attached hydrogen (secondary N) is 2. The molecule has 0 aliphatic heterocycles. The average molecular weight is 339 g/mol. The highest BCUT2D eigenvalue weighted by Crippen LogP contribution is 2.21. The van der Waals surface area contributed by atoms with E-state index in [0.717, 1.165) is 28.4 Å². The van der Waals surface area contributed by atoms with Crippen LogP contribution >= 0.6 is 0 Å². The fourth-order valence-electron chi connectivity index (χ4n) is 2.22. The van der Waals surface area contributed by atoms with Gasteiger partial charge in [-0.3, -0.25) is 14.5 Å². The Hall–Kier alpha value is -3.04. The lowest BCUT2D eigenvalue weighted by atomic mass is 10.1. The molecule has 6 heteroatoms. The quantitative estimate of drug-likeness (QED) is 0.626. The summed E-state index contributed by atoms with van der Waals surface area (Å²) >= 11 is 0. The normalized spacial score (nSPS) is 10.2. The number of hydrogen-bond donors (Lipinski definition) is 3. The lowest BCUT2D eigenvalue weighted by Gasteiger charge is -2.02. The van der Waals surface area contributed by atoms with Gasteiger partial charge >= 0.3 is 5.97 Å². The van der Waals surface area contributed by atoms with Crippen molar-refractivity contribution in [1.29, 1.82) is 0 Å². The zero-order chi connectivity index (χ0) is 18.4. The van der Waals surface area contributed by atoms with Crippen LogP contribution in [0.1, 0.15) is 18.9 Å². The van der Waals surface area contributed by atoms with Gasteiger partial charge in [-0.15, -0.1) is 0 Å². The molecule has 25 heavy (non-hydrogen) atoms. The molecule has 3 rings (SSSR count). The van der Waals surface area contributed by atoms with Crippen molar-refractivity contribution in [2.45, 2.75) is 13.3 Å². The molecule has 0 bridgehead atoms. The summed E-state index contributed by atoms with van der Waals surface area (Å²) in [6.45, 7) is 2.32. The average Bonchev–Trinajstić information content (AvgIpc) is 3.06. The number of carboxylic acids is 1. The number of pyridine rings is 1. The predicted molar refractivity (Wildman–Crippen MR) is 99.8 cm³/mol. The number of carboxylic acid groups (broad SMARTS) is 1. The topological polar surface area (TPSA) is 89.2 Å². The lowest BCUT2D eigenvalue weighted by Crippen LogP contribution is -2.10. The second-order valence-electron chi connectivity index (χ2n) is 5.77. The van der Waals surface area contributed by atoms with Crippen molar-refractivity contribution in [3.8, 4) is 11.8 Å². The molecule has 3 N–H and O–H groups in total. The van der Waals surface area contributed by atoms with E-state index in [4.69, 9.17) is 5.11 Å². The van der Waals surface area contributed by atoms with Crippen LogP contribution in [0.2, 0.25) is 0 Å². The molecule has 0 unspecified atom stereocenters. The minimum Gasteiger partial charge on any atom is -0.481 e. The molecule has 6 nitrogen and oxygen atoms in total. The molecule has 3 aromatic rings. The molecular weight excluding hydrogens is 318 g/mol. The second-order valence-corrected chi connectivity index (χ2v) is 5.77. The van der Waals surface area contributed by atoms with Crippen LogP contribution < -0.4 is 5.56 Å². The van der Waals surface area contributed by atoms with E-state index in [-0.39, 0.29) is 12.0 Å². The van der Waals surface area contributed by atoms with E-state index in [1.54, 1.807) is 13.1 Å². The van der Waals surface area contributed by atoms with E-state index in [9.17, 15) is 9.59 Å². The van der Waals surface area contributed by atoms with E-state index >= 15 is 0 Å². The second kappa shape index (κ2) is 8.18. The third-order valence-electron chi connectivity index (χ3n) is 3.46. The lowest BCUT2D eigenvalue weighted by molar-refractivity contribution is -0.136. The van der Waals surface area contributed by atoms with Crippen LogP contribution in [-0.2, 0) is 4.79 Å². The van der Waals surface area contributed by atoms with Gasteiger partial charge < -0.3 is 15.1 Å². The van der Waals surface area contributed by atoms with Crippen LogP contribution in [0.5, 0.6) is 0 Å². The van der Waals surface area contributed by atoms with Crippen molar-refractivity contribution in [1.82, 2.24) is 14.9 Å². The fraction of sp³-hybridized carbons (Fsp3) is 0.263. The van der Waals surface area contributed by atoms with Crippen LogP contribution in [0.3, 0.4) is 0 Å². The number of H-pyrrole nitrogens is 2. The Balaban J connectivity index is 0.000000399. The summed E-state index contributed by atoms with van der Waals surface area (Å²) in [5, 5.41) is 9.66. The van der Waals surface area contributed by atoms with Crippen molar-refractivity contribution in [3.63, 3.8) is 0 Å². The first kappa shape index (κ1) is 18.3. The first-order chi connectivity index (χ1) is 11.9. The molecular formula is C19H21N3O3. The molecule has 0 atom stereocenters. The molecule has 0 saturated carbocycles. The monoisotopic (exact) mass is 339 g/mol. The number of hydrogen-bond acceptors (Lipinski definition) is 3. The largest absolute Gasteiger partial charge is 0.481 e. The van der Waals surface area contributed by atoms with Gasteiger partial charge in [0.2, 0.25) is 0 Å². The zero-order valence-electron chi connectivity index (χ0n) is 14.5. The van der Waals surface area contributed by atoms with Crippen LogP contribution in [0.25, 0.3) is 21.8 Å². The molecule has 2 aromatic heterocycles. The van der Waals surface area contributed by atoms with Crippen LogP contribution in [0.4, 0.5) is 0 Å². The fourth-order valence-corrected chi connectivity index (χ4v) is 2.22. The molecule has 0 spiro atoms. The maximum atomic E-state index is 11.9. The summed E-state index contributed by atoms with van der Waals surface area (Å²) in [5.74, 6) is 5.52. The molecule has 0 aliphatic carbocycles. The maximum Gasteiger partial charge on any atom is 0.303 e. The number of fused-ring (bicyclic) bond motifs is 3. The Morgan fingerprint density at radius 3 is 2.60 bits per heavy atom. The highest BCUT2D eigenvalue weighted by molar-refractivity contribution is 6.04. The summed E-state index contributed by atoms with van der Waals surface area (Å²) in [6.07, 6.45) is 2.00. The Kier molecular flexibility index (Phi) is 5.98. The number of carbonyl (C=O) groups is 1. The van der Waals surface area contributed by atoms with E-state index in [1.807, 2.05) is 43.3 Å². The Labute approximate surface area is 145 Å². The molecule has 0 saturated heterocycles. The van der Waals surface area contributed by atoms with Crippen molar-refractivity contribution in [2.75, 3.05) is 20.6 Å². The SMILES string of the molecule is CCC(=O)O.CN(C)CC#Cc1ccc2[nH]c(=O)c3[nH]ccc3c2c1. The third kappa shape index (κ3) is 4.72. The van der Waals surface area contributed by atoms with Gasteiger partial charge in [-0.05, 0) is 38.4 Å². The number of benzene rings is 1. The summed E-state index contributed by atoms with van der Waals surface area (Å²) in [4.78, 5) is 29.1. The van der Waals surface area contributed by atoms with E-state index in [0.29, 0.717) is 5.52 Å². The molecule has 0 aliphatic rings. The standard InChI is InChI=1S/C16H15N3O.C3H6O2/c1-19(2)9-3-4-11-5-6-14-13(10-11)12-7-8-17-15(12)16(20)18-14;1-2-3(4)5/h5-8,10,17H,9H2,1-2H3,(H,18,20);2H2,1H3,(H,4,5). The van der Waals surface area contributed by atoms with Gasteiger partial charge in [0.1, 0.15) is 5.52 Å². The number of rotatable bonds is 2. The van der Waals surface area contributed by atoms with Gasteiger partial charge in [0.05, 0.1) is 6.54 Å². The number of aromatic amines is 2. The smallest absolute Gasteiger partial charge is 0.303 e. The Bertz CT molecular complexity index is 1000. The van der Waals surface area contributed by atoms with Gasteiger partial charge in [-0.1, -0.05) is 18.8 Å². The molecule has 0 radical (unpaired) electrons. The van der Waals surface area contributed by atoms with E-state index < -0.39 is 5.97 Å². The van der Waals surface area contributed by atoms with Crippen molar-refractivity contribution in [2.24, 2.45) is 0 Å². The van der Waals surface area contributed by atoms with Gasteiger partial charge in [0.25, 0.3) is 5.56 Å². The summed E-state index contributed by atoms with van der Waals surface area (Å²) in [7, 11) is 3.98. The van der Waals surface area contributed by atoms with Crippen molar-refractivity contribution < 1.29 is 9.90 Å². The molecule has 0 amide bonds. The minimum atomic E-state index is -0.745. The van der Waals surface area contributed by atoms with Crippen molar-refractivity contribution >= 4 is 27.8 Å². The third-order valence-corrected chi connectivity index (χ3v) is 3.46. The highest BCUT2D eigenvalue weighted by atomic mass is 16.4. The molecule has 2 heterocycles. The molecule has 1 aromatic carbocycles. The molecule has 0 fully saturated rings. The first-order valence-corrected chi connectivity index (χ1v) is 7.91. The van der Waals surface area contributed by atoms with Gasteiger partial charge in [0, 0.05) is 34.5 Å². The first-order valence-electron chi connectivity index (χ1n) is 7.91. The van der Waals surface area contributed by atoms with Crippen molar-refractivity contribution in [3.05, 3.63) is 46.4 Å². The zero-order valence-corrected chi connectivity index (χ0v) is 14.5. The summed E-state index contributed by atoms with van der Waals surface area (Å²) < 4.78 is 0. The van der Waals surface area contributed by atoms with Crippen LogP contribution in [-0.4, -0.2) is 46.6 Å². The van der Waals surface area contributed by atoms with Gasteiger partial charge in [-0.2, -0.15) is 0 Å². The predicted octanol–water partition coefficient (Wildman–Crippen LogP) is 2.40. The molecule has 130 valence electrons. The number of aliphatic carboxylic acids is 1.